The zero-order valence-electron chi connectivity index (χ0n) is 13.3. The van der Waals surface area contributed by atoms with Crippen molar-refractivity contribution in [2.45, 2.75) is 58.0 Å². The molecule has 1 fully saturated rings. The molecule has 0 aromatic carbocycles. The summed E-state index contributed by atoms with van der Waals surface area (Å²) in [5.74, 6) is -0.904. The Bertz CT molecular complexity index is 567. The lowest BCUT2D eigenvalue weighted by atomic mass is 10.1. The molecule has 0 spiro atoms. The van der Waals surface area contributed by atoms with E-state index in [0.29, 0.717) is 11.6 Å². The molecule has 1 aliphatic carbocycles. The minimum atomic E-state index is -1.02. The third kappa shape index (κ3) is 3.09. The Morgan fingerprint density at radius 3 is 2.43 bits per heavy atom. The van der Waals surface area contributed by atoms with Gasteiger partial charge in [-0.1, -0.05) is 0 Å². The van der Waals surface area contributed by atoms with Gasteiger partial charge in [0.15, 0.2) is 5.69 Å². The predicted molar refractivity (Wildman–Crippen MR) is 78.4 cm³/mol. The van der Waals surface area contributed by atoms with Gasteiger partial charge < -0.3 is 10.0 Å². The SMILES string of the molecule is CC(C(=O)O)N(C)C(=O)c1cc(C2CC2)n(C(C)(C)C)n1. The van der Waals surface area contributed by atoms with Crippen molar-refractivity contribution >= 4 is 11.9 Å². The van der Waals surface area contributed by atoms with Crippen LogP contribution < -0.4 is 0 Å². The highest BCUT2D eigenvalue weighted by atomic mass is 16.4. The fraction of sp³-hybridized carbons (Fsp3) is 0.667. The molecule has 116 valence electrons. The summed E-state index contributed by atoms with van der Waals surface area (Å²) in [5, 5.41) is 13.5. The second-order valence-corrected chi connectivity index (χ2v) is 6.74. The lowest BCUT2D eigenvalue weighted by molar-refractivity contribution is -0.141. The second kappa shape index (κ2) is 5.16. The molecule has 2 rings (SSSR count). The lowest BCUT2D eigenvalue weighted by Crippen LogP contribution is -2.40. The first-order valence-corrected chi connectivity index (χ1v) is 7.23. The van der Waals surface area contributed by atoms with E-state index in [0.717, 1.165) is 18.5 Å². The molecule has 1 heterocycles. The fourth-order valence-electron chi connectivity index (χ4n) is 2.23. The lowest BCUT2D eigenvalue weighted by Gasteiger charge is -2.23. The van der Waals surface area contributed by atoms with Crippen LogP contribution in [-0.4, -0.2) is 44.8 Å². The maximum Gasteiger partial charge on any atom is 0.326 e. The summed E-state index contributed by atoms with van der Waals surface area (Å²) >= 11 is 0. The summed E-state index contributed by atoms with van der Waals surface area (Å²) in [6, 6.07) is 0.942. The van der Waals surface area contributed by atoms with Gasteiger partial charge in [0.25, 0.3) is 5.91 Å². The van der Waals surface area contributed by atoms with Crippen molar-refractivity contribution in [3.8, 4) is 0 Å². The van der Waals surface area contributed by atoms with Crippen LogP contribution in [0.25, 0.3) is 0 Å². The number of rotatable bonds is 4. The van der Waals surface area contributed by atoms with E-state index in [1.807, 2.05) is 31.5 Å². The van der Waals surface area contributed by atoms with Crippen molar-refractivity contribution in [3.05, 3.63) is 17.5 Å². The molecule has 0 aliphatic heterocycles. The number of carbonyl (C=O) groups is 2. The fourth-order valence-corrected chi connectivity index (χ4v) is 2.23. The first kappa shape index (κ1) is 15.5. The molecule has 1 unspecified atom stereocenters. The average molecular weight is 293 g/mol. The van der Waals surface area contributed by atoms with Gasteiger partial charge in [-0.25, -0.2) is 4.79 Å². The number of likely N-dealkylation sites (N-methyl/N-ethyl adjacent to an activating group) is 1. The Hall–Kier alpha value is -1.85. The summed E-state index contributed by atoms with van der Waals surface area (Å²) < 4.78 is 1.90. The molecule has 1 amide bonds. The molecule has 6 nitrogen and oxygen atoms in total. The molecule has 0 saturated heterocycles. The zero-order valence-corrected chi connectivity index (χ0v) is 13.3. The second-order valence-electron chi connectivity index (χ2n) is 6.74. The van der Waals surface area contributed by atoms with Crippen LogP contribution in [0.2, 0.25) is 0 Å². The van der Waals surface area contributed by atoms with Crippen LogP contribution in [0.1, 0.15) is 62.6 Å². The highest BCUT2D eigenvalue weighted by Crippen LogP contribution is 2.41. The van der Waals surface area contributed by atoms with E-state index in [-0.39, 0.29) is 11.4 Å². The van der Waals surface area contributed by atoms with Crippen LogP contribution in [0.15, 0.2) is 6.07 Å². The molecule has 6 heteroatoms. The first-order chi connectivity index (χ1) is 9.62. The van der Waals surface area contributed by atoms with Crippen molar-refractivity contribution in [2.24, 2.45) is 0 Å². The smallest absolute Gasteiger partial charge is 0.326 e. The largest absolute Gasteiger partial charge is 0.480 e. The third-order valence-electron chi connectivity index (χ3n) is 3.85. The zero-order chi connectivity index (χ0) is 15.9. The van der Waals surface area contributed by atoms with Crippen molar-refractivity contribution in [3.63, 3.8) is 0 Å². The van der Waals surface area contributed by atoms with E-state index < -0.39 is 12.0 Å². The number of carboxylic acid groups (broad SMARTS) is 1. The molecule has 0 bridgehead atoms. The van der Waals surface area contributed by atoms with Gasteiger partial charge in [-0.3, -0.25) is 9.48 Å². The van der Waals surface area contributed by atoms with Gasteiger partial charge in [-0.2, -0.15) is 5.10 Å². The molecule has 0 radical (unpaired) electrons. The third-order valence-corrected chi connectivity index (χ3v) is 3.85. The molecule has 1 aliphatic rings. The predicted octanol–water partition coefficient (Wildman–Crippen LogP) is 2.06. The van der Waals surface area contributed by atoms with Crippen LogP contribution in [0.3, 0.4) is 0 Å². The molecule has 1 atom stereocenters. The van der Waals surface area contributed by atoms with E-state index in [4.69, 9.17) is 5.11 Å². The molecule has 1 saturated carbocycles. The van der Waals surface area contributed by atoms with Crippen LogP contribution in [0.5, 0.6) is 0 Å². The molecule has 21 heavy (non-hydrogen) atoms. The maximum atomic E-state index is 12.4. The van der Waals surface area contributed by atoms with Crippen LogP contribution in [0, 0.1) is 0 Å². The summed E-state index contributed by atoms with van der Waals surface area (Å²) in [6.07, 6.45) is 2.24. The van der Waals surface area contributed by atoms with Gasteiger partial charge >= 0.3 is 5.97 Å². The normalized spacial score (nSPS) is 16.6. The Morgan fingerprint density at radius 2 is 2.00 bits per heavy atom. The number of aromatic nitrogens is 2. The number of nitrogens with zero attached hydrogens (tertiary/aromatic N) is 3. The molecular formula is C15H23N3O3. The minimum Gasteiger partial charge on any atom is -0.480 e. The summed E-state index contributed by atoms with van der Waals surface area (Å²) in [4.78, 5) is 24.6. The van der Waals surface area contributed by atoms with E-state index in [1.165, 1.54) is 18.9 Å². The number of amides is 1. The number of hydrogen-bond acceptors (Lipinski definition) is 3. The van der Waals surface area contributed by atoms with Gasteiger partial charge in [0.1, 0.15) is 6.04 Å². The minimum absolute atomic E-state index is 0.201. The topological polar surface area (TPSA) is 75.4 Å². The van der Waals surface area contributed by atoms with E-state index in [1.54, 1.807) is 0 Å². The average Bonchev–Trinajstić information content (AvgIpc) is 3.13. The standard InChI is InChI=1S/C15H23N3O3/c1-9(14(20)21)17(5)13(19)11-8-12(10-6-7-10)18(16-11)15(2,3)4/h8-10H,6-7H2,1-5H3,(H,20,21). The number of hydrogen-bond donors (Lipinski definition) is 1. The highest BCUT2D eigenvalue weighted by molar-refractivity contribution is 5.94. The Labute approximate surface area is 124 Å². The van der Waals surface area contributed by atoms with Crippen molar-refractivity contribution in [1.82, 2.24) is 14.7 Å². The van der Waals surface area contributed by atoms with Gasteiger partial charge in [0, 0.05) is 18.7 Å². The Morgan fingerprint density at radius 1 is 1.43 bits per heavy atom. The number of carboxylic acids is 1. The Kier molecular flexibility index (Phi) is 3.82. The highest BCUT2D eigenvalue weighted by Gasteiger charge is 2.33. The molecule has 1 aromatic rings. The summed E-state index contributed by atoms with van der Waals surface area (Å²) in [6.45, 7) is 7.62. The van der Waals surface area contributed by atoms with Crippen molar-refractivity contribution in [1.29, 1.82) is 0 Å². The summed E-state index contributed by atoms with van der Waals surface area (Å²) in [5.41, 5.74) is 1.19. The molecular weight excluding hydrogens is 270 g/mol. The van der Waals surface area contributed by atoms with Crippen molar-refractivity contribution < 1.29 is 14.7 Å². The van der Waals surface area contributed by atoms with Crippen molar-refractivity contribution in [2.75, 3.05) is 7.05 Å². The Balaban J connectivity index is 2.32. The number of carbonyl (C=O) groups excluding carboxylic acids is 1. The molecule has 1 N–H and O–H groups in total. The quantitative estimate of drug-likeness (QED) is 0.922. The van der Waals surface area contributed by atoms with Gasteiger partial charge in [0.2, 0.25) is 0 Å². The van der Waals surface area contributed by atoms with E-state index in [2.05, 4.69) is 5.10 Å². The maximum absolute atomic E-state index is 12.4. The van der Waals surface area contributed by atoms with Crippen LogP contribution in [0.4, 0.5) is 0 Å². The van der Waals surface area contributed by atoms with Crippen LogP contribution in [-0.2, 0) is 10.3 Å². The van der Waals surface area contributed by atoms with Gasteiger partial charge in [-0.05, 0) is 46.6 Å². The van der Waals surface area contributed by atoms with Gasteiger partial charge in [0.05, 0.1) is 5.54 Å². The first-order valence-electron chi connectivity index (χ1n) is 7.23. The van der Waals surface area contributed by atoms with E-state index >= 15 is 0 Å². The van der Waals surface area contributed by atoms with E-state index in [9.17, 15) is 9.59 Å². The van der Waals surface area contributed by atoms with Crippen LogP contribution >= 0.6 is 0 Å². The number of aliphatic carboxylic acids is 1. The van der Waals surface area contributed by atoms with Gasteiger partial charge in [-0.15, -0.1) is 0 Å². The summed E-state index contributed by atoms with van der Waals surface area (Å²) in [7, 11) is 1.49. The monoisotopic (exact) mass is 293 g/mol. The molecule has 1 aromatic heterocycles.